The smallest absolute Gasteiger partial charge is 0.192 e. The molecule has 2 aromatic carbocycles. The lowest BCUT2D eigenvalue weighted by Crippen LogP contribution is -2.44. The lowest BCUT2D eigenvalue weighted by atomic mass is 10.0. The van der Waals surface area contributed by atoms with Crippen LogP contribution in [0.4, 0.5) is 5.69 Å². The summed E-state index contributed by atoms with van der Waals surface area (Å²) in [4.78, 5) is 0. The number of nitrogens with one attached hydrogen (secondary N) is 1. The van der Waals surface area contributed by atoms with Crippen LogP contribution in [0.3, 0.4) is 0 Å². The van der Waals surface area contributed by atoms with Gasteiger partial charge in [0.15, 0.2) is 8.32 Å². The van der Waals surface area contributed by atoms with E-state index < -0.39 is 14.4 Å². The van der Waals surface area contributed by atoms with Crippen molar-refractivity contribution in [3.8, 4) is 5.75 Å². The predicted octanol–water partition coefficient (Wildman–Crippen LogP) is 5.23. The second-order valence-electron chi connectivity index (χ2n) is 8.40. The summed E-state index contributed by atoms with van der Waals surface area (Å²) >= 11 is 0. The van der Waals surface area contributed by atoms with E-state index in [4.69, 9.17) is 9.16 Å². The van der Waals surface area contributed by atoms with Gasteiger partial charge >= 0.3 is 0 Å². The van der Waals surface area contributed by atoms with E-state index in [0.29, 0.717) is 6.61 Å². The maximum atomic E-state index is 11.0. The Labute approximate surface area is 164 Å². The van der Waals surface area contributed by atoms with Crippen LogP contribution in [-0.4, -0.2) is 33.2 Å². The van der Waals surface area contributed by atoms with Crippen molar-refractivity contribution >= 4 is 14.0 Å². The van der Waals surface area contributed by atoms with E-state index in [2.05, 4.69) is 39.2 Å². The summed E-state index contributed by atoms with van der Waals surface area (Å²) in [5, 5.41) is 14.5. The van der Waals surface area contributed by atoms with Gasteiger partial charge in [0.1, 0.15) is 11.9 Å². The third-order valence-electron chi connectivity index (χ3n) is 5.38. The number of anilines is 1. The average molecular weight is 388 g/mol. The third-order valence-corrected chi connectivity index (χ3v) is 9.88. The summed E-state index contributed by atoms with van der Waals surface area (Å²) in [7, 11) is -0.273. The summed E-state index contributed by atoms with van der Waals surface area (Å²) in [6, 6.07) is 17.5. The Hall–Kier alpha value is -1.82. The van der Waals surface area contributed by atoms with Gasteiger partial charge in [0.25, 0.3) is 0 Å². The Bertz CT molecular complexity index is 696. The molecule has 0 saturated carbocycles. The van der Waals surface area contributed by atoms with Crippen LogP contribution in [0, 0.1) is 0 Å². The Morgan fingerprint density at radius 3 is 2.11 bits per heavy atom. The highest BCUT2D eigenvalue weighted by Crippen LogP contribution is 2.37. The molecule has 0 saturated heterocycles. The van der Waals surface area contributed by atoms with Crippen molar-refractivity contribution in [2.75, 3.05) is 19.0 Å². The van der Waals surface area contributed by atoms with Gasteiger partial charge in [-0.15, -0.1) is 0 Å². The normalized spacial score (nSPS) is 14.5. The zero-order valence-electron chi connectivity index (χ0n) is 17.3. The molecule has 4 nitrogen and oxygen atoms in total. The van der Waals surface area contributed by atoms with Crippen LogP contribution in [0.2, 0.25) is 18.1 Å². The monoisotopic (exact) mass is 387 g/mol. The van der Waals surface area contributed by atoms with E-state index in [1.165, 1.54) is 0 Å². The van der Waals surface area contributed by atoms with Gasteiger partial charge < -0.3 is 19.6 Å². The summed E-state index contributed by atoms with van der Waals surface area (Å²) in [6.45, 7) is 11.3. The SMILES string of the molecule is COc1ccc(N[C@H](c2ccccc2)[C@@H](O)CO[Si](C)(C)C(C)(C)C)cc1. The van der Waals surface area contributed by atoms with E-state index in [0.717, 1.165) is 17.0 Å². The van der Waals surface area contributed by atoms with Crippen molar-refractivity contribution < 1.29 is 14.3 Å². The maximum Gasteiger partial charge on any atom is 0.192 e. The second kappa shape index (κ2) is 8.91. The zero-order chi connectivity index (χ0) is 20.1. The van der Waals surface area contributed by atoms with Crippen LogP contribution in [0.25, 0.3) is 0 Å². The molecule has 2 atom stereocenters. The van der Waals surface area contributed by atoms with Gasteiger partial charge in [0.2, 0.25) is 0 Å². The number of aliphatic hydroxyl groups is 1. The molecular weight excluding hydrogens is 354 g/mol. The minimum atomic E-state index is -1.92. The number of benzene rings is 2. The van der Waals surface area contributed by atoms with Crippen LogP contribution in [0.1, 0.15) is 32.4 Å². The molecule has 0 aliphatic carbocycles. The molecule has 0 aliphatic rings. The molecule has 0 amide bonds. The van der Waals surface area contributed by atoms with E-state index in [1.807, 2.05) is 54.6 Å². The van der Waals surface area contributed by atoms with Crippen LogP contribution >= 0.6 is 0 Å². The molecule has 0 radical (unpaired) electrons. The van der Waals surface area contributed by atoms with Gasteiger partial charge in [0, 0.05) is 5.69 Å². The van der Waals surface area contributed by atoms with Crippen LogP contribution < -0.4 is 10.1 Å². The number of rotatable bonds is 8. The fraction of sp³-hybridized carbons (Fsp3) is 0.455. The number of hydrogen-bond donors (Lipinski definition) is 2. The Morgan fingerprint density at radius 2 is 1.59 bits per heavy atom. The second-order valence-corrected chi connectivity index (χ2v) is 13.2. The molecular formula is C22H33NO3Si. The molecule has 0 aromatic heterocycles. The molecule has 2 N–H and O–H groups in total. The minimum Gasteiger partial charge on any atom is -0.497 e. The molecule has 27 heavy (non-hydrogen) atoms. The molecule has 0 aliphatic heterocycles. The highest BCUT2D eigenvalue weighted by atomic mass is 28.4. The van der Waals surface area contributed by atoms with E-state index in [9.17, 15) is 5.11 Å². The van der Waals surface area contributed by atoms with Crippen molar-refractivity contribution in [1.82, 2.24) is 0 Å². The fourth-order valence-corrected chi connectivity index (χ4v) is 3.56. The molecule has 5 heteroatoms. The van der Waals surface area contributed by atoms with Crippen molar-refractivity contribution in [2.24, 2.45) is 0 Å². The van der Waals surface area contributed by atoms with Crippen molar-refractivity contribution in [3.63, 3.8) is 0 Å². The largest absolute Gasteiger partial charge is 0.497 e. The number of methoxy groups -OCH3 is 1. The summed E-state index contributed by atoms with van der Waals surface area (Å²) in [6.07, 6.45) is -0.663. The molecule has 0 fully saturated rings. The van der Waals surface area contributed by atoms with Gasteiger partial charge in [-0.3, -0.25) is 0 Å². The Kier molecular flexibility index (Phi) is 7.09. The van der Waals surface area contributed by atoms with Gasteiger partial charge in [-0.1, -0.05) is 51.1 Å². The van der Waals surface area contributed by atoms with Crippen molar-refractivity contribution in [2.45, 2.75) is 51.0 Å². The molecule has 0 bridgehead atoms. The minimum absolute atomic E-state index is 0.109. The lowest BCUT2D eigenvalue weighted by molar-refractivity contribution is 0.0840. The van der Waals surface area contributed by atoms with E-state index >= 15 is 0 Å². The van der Waals surface area contributed by atoms with Gasteiger partial charge in [-0.25, -0.2) is 0 Å². The molecule has 0 heterocycles. The summed E-state index contributed by atoms with van der Waals surface area (Å²) in [5.41, 5.74) is 1.95. The summed E-state index contributed by atoms with van der Waals surface area (Å²) in [5.74, 6) is 0.804. The zero-order valence-corrected chi connectivity index (χ0v) is 18.3. The van der Waals surface area contributed by atoms with E-state index in [1.54, 1.807) is 7.11 Å². The first-order valence-corrected chi connectivity index (χ1v) is 12.3. The van der Waals surface area contributed by atoms with Crippen LogP contribution in [0.15, 0.2) is 54.6 Å². The average Bonchev–Trinajstić information content (AvgIpc) is 2.64. The molecule has 148 valence electrons. The quantitative estimate of drug-likeness (QED) is 0.609. The lowest BCUT2D eigenvalue weighted by Gasteiger charge is -2.37. The first kappa shape index (κ1) is 21.5. The van der Waals surface area contributed by atoms with Gasteiger partial charge in [-0.05, 0) is 48.0 Å². The van der Waals surface area contributed by atoms with Crippen LogP contribution in [0.5, 0.6) is 5.75 Å². The molecule has 0 unspecified atom stereocenters. The molecule has 0 spiro atoms. The predicted molar refractivity (Wildman–Crippen MR) is 115 cm³/mol. The highest BCUT2D eigenvalue weighted by Gasteiger charge is 2.38. The number of aliphatic hydroxyl groups excluding tert-OH is 1. The Balaban J connectivity index is 2.17. The standard InChI is InChI=1S/C22H33NO3Si/c1-22(2,3)27(5,6)26-16-20(24)21(17-10-8-7-9-11-17)23-18-12-14-19(25-4)15-13-18/h7-15,20-21,23-24H,16H2,1-6H3/t20-,21+/m0/s1. The molecule has 2 rings (SSSR count). The number of hydrogen-bond acceptors (Lipinski definition) is 4. The van der Waals surface area contributed by atoms with E-state index in [-0.39, 0.29) is 11.1 Å². The van der Waals surface area contributed by atoms with Gasteiger partial charge in [0.05, 0.1) is 19.8 Å². The molecule has 2 aromatic rings. The third kappa shape index (κ3) is 5.83. The summed E-state index contributed by atoms with van der Waals surface area (Å²) < 4.78 is 11.5. The fourth-order valence-electron chi connectivity index (χ4n) is 2.54. The topological polar surface area (TPSA) is 50.7 Å². The number of ether oxygens (including phenoxy) is 1. The van der Waals surface area contributed by atoms with Crippen molar-refractivity contribution in [3.05, 3.63) is 60.2 Å². The highest BCUT2D eigenvalue weighted by molar-refractivity contribution is 6.74. The Morgan fingerprint density at radius 1 is 1.00 bits per heavy atom. The first-order valence-electron chi connectivity index (χ1n) is 9.41. The maximum absolute atomic E-state index is 11.0. The van der Waals surface area contributed by atoms with Gasteiger partial charge in [-0.2, -0.15) is 0 Å². The first-order chi connectivity index (χ1) is 12.6. The van der Waals surface area contributed by atoms with Crippen LogP contribution in [-0.2, 0) is 4.43 Å². The van der Waals surface area contributed by atoms with Crippen molar-refractivity contribution in [1.29, 1.82) is 0 Å².